The zero-order chi connectivity index (χ0) is 21.7. The van der Waals surface area contributed by atoms with Gasteiger partial charge in [0, 0.05) is 18.9 Å². The van der Waals surface area contributed by atoms with E-state index in [-0.39, 0.29) is 17.0 Å². The fourth-order valence-corrected chi connectivity index (χ4v) is 5.03. The highest BCUT2D eigenvalue weighted by Crippen LogP contribution is 2.26. The summed E-state index contributed by atoms with van der Waals surface area (Å²) >= 11 is 0. The Balaban J connectivity index is 1.75. The molecule has 0 saturated carbocycles. The number of benzene rings is 3. The van der Waals surface area contributed by atoms with Gasteiger partial charge in [0.05, 0.1) is 18.0 Å². The Hall–Kier alpha value is -3.22. The number of methoxy groups -OCH3 is 1. The van der Waals surface area contributed by atoms with Crippen molar-refractivity contribution in [1.29, 1.82) is 0 Å². The largest absolute Gasteiger partial charge is 0.375 e. The van der Waals surface area contributed by atoms with Gasteiger partial charge in [-0.15, -0.1) is 0 Å². The van der Waals surface area contributed by atoms with E-state index >= 15 is 0 Å². The van der Waals surface area contributed by atoms with Crippen molar-refractivity contribution in [2.75, 3.05) is 7.11 Å². The molecule has 1 aromatic heterocycles. The monoisotopic (exact) mass is 432 g/mol. The van der Waals surface area contributed by atoms with E-state index in [2.05, 4.69) is 4.98 Å². The number of aromatic nitrogens is 2. The van der Waals surface area contributed by atoms with E-state index in [9.17, 15) is 8.42 Å². The van der Waals surface area contributed by atoms with Crippen molar-refractivity contribution in [3.8, 4) is 11.3 Å². The fourth-order valence-electron chi connectivity index (χ4n) is 3.55. The second-order valence-electron chi connectivity index (χ2n) is 7.31. The van der Waals surface area contributed by atoms with Crippen molar-refractivity contribution < 1.29 is 13.2 Å². The average Bonchev–Trinajstić information content (AvgIpc) is 3.24. The van der Waals surface area contributed by atoms with Crippen molar-refractivity contribution in [2.45, 2.75) is 23.6 Å². The molecule has 6 heteroatoms. The van der Waals surface area contributed by atoms with Gasteiger partial charge in [0.1, 0.15) is 6.10 Å². The molecule has 0 fully saturated rings. The first kappa shape index (κ1) is 21.0. The summed E-state index contributed by atoms with van der Waals surface area (Å²) in [6, 6.07) is 28.5. The molecule has 5 nitrogen and oxygen atoms in total. The zero-order valence-corrected chi connectivity index (χ0v) is 18.1. The summed E-state index contributed by atoms with van der Waals surface area (Å²) in [5.41, 5.74) is 3.19. The molecular weight excluding hydrogens is 408 g/mol. The van der Waals surface area contributed by atoms with E-state index in [1.54, 1.807) is 17.9 Å². The Morgan fingerprint density at radius 3 is 2.06 bits per heavy atom. The molecule has 158 valence electrons. The molecule has 0 saturated heterocycles. The minimum Gasteiger partial charge on any atom is -0.375 e. The normalized spacial score (nSPS) is 12.5. The van der Waals surface area contributed by atoms with Crippen LogP contribution in [0.3, 0.4) is 0 Å². The predicted octanol–water partition coefficient (Wildman–Crippen LogP) is 4.91. The van der Waals surface area contributed by atoms with Crippen molar-refractivity contribution in [2.24, 2.45) is 0 Å². The molecular formula is C25H24N2O3S. The van der Waals surface area contributed by atoms with Crippen molar-refractivity contribution in [1.82, 2.24) is 9.55 Å². The molecule has 0 radical (unpaired) electrons. The molecule has 1 heterocycles. The molecule has 0 aliphatic rings. The average molecular weight is 433 g/mol. The molecule has 4 rings (SSSR count). The van der Waals surface area contributed by atoms with E-state index in [0.717, 1.165) is 16.7 Å². The number of sulfone groups is 1. The number of hydrogen-bond donors (Lipinski definition) is 0. The summed E-state index contributed by atoms with van der Waals surface area (Å²) in [6.07, 6.45) is 1.49. The molecule has 0 N–H and O–H groups in total. The van der Waals surface area contributed by atoms with Crippen molar-refractivity contribution in [3.05, 3.63) is 108 Å². The van der Waals surface area contributed by atoms with Crippen LogP contribution in [-0.2, 0) is 26.9 Å². The standard InChI is InChI=1S/C25H24N2O3S/c1-30-24(22-15-9-4-10-16-22)18-27-17-23(21-13-7-3-8-14-21)26-25(27)31(28,29)19-20-11-5-2-6-12-20/h2-17,24H,18-19H2,1H3. The summed E-state index contributed by atoms with van der Waals surface area (Å²) in [5, 5.41) is 0.0492. The first-order valence-corrected chi connectivity index (χ1v) is 11.7. The summed E-state index contributed by atoms with van der Waals surface area (Å²) in [5.74, 6) is -0.109. The van der Waals surface area contributed by atoms with E-state index in [4.69, 9.17) is 4.74 Å². The molecule has 0 aliphatic carbocycles. The predicted molar refractivity (Wildman–Crippen MR) is 121 cm³/mol. The second-order valence-corrected chi connectivity index (χ2v) is 9.19. The fraction of sp³-hybridized carbons (Fsp3) is 0.160. The van der Waals surface area contributed by atoms with Crippen LogP contribution in [0, 0.1) is 0 Å². The summed E-state index contributed by atoms with van der Waals surface area (Å²) < 4.78 is 34.1. The first-order valence-electron chi connectivity index (χ1n) is 10.0. The first-order chi connectivity index (χ1) is 15.1. The minimum atomic E-state index is -3.67. The summed E-state index contributed by atoms with van der Waals surface area (Å²) in [4.78, 5) is 4.55. The van der Waals surface area contributed by atoms with Crippen LogP contribution in [0.15, 0.2) is 102 Å². The van der Waals surface area contributed by atoms with Gasteiger partial charge in [-0.1, -0.05) is 91.0 Å². The molecule has 0 aliphatic heterocycles. The Labute approximate surface area is 182 Å². The van der Waals surface area contributed by atoms with Gasteiger partial charge < -0.3 is 9.30 Å². The van der Waals surface area contributed by atoms with Crippen LogP contribution in [0.2, 0.25) is 0 Å². The topological polar surface area (TPSA) is 61.2 Å². The van der Waals surface area contributed by atoms with Gasteiger partial charge in [0.25, 0.3) is 0 Å². The zero-order valence-electron chi connectivity index (χ0n) is 17.3. The van der Waals surface area contributed by atoms with Crippen LogP contribution in [-0.4, -0.2) is 25.1 Å². The third-order valence-electron chi connectivity index (χ3n) is 5.11. The summed E-state index contributed by atoms with van der Waals surface area (Å²) in [6.45, 7) is 0.337. The lowest BCUT2D eigenvalue weighted by Gasteiger charge is -2.18. The lowest BCUT2D eigenvalue weighted by atomic mass is 10.1. The highest BCUT2D eigenvalue weighted by atomic mass is 32.2. The lowest BCUT2D eigenvalue weighted by Crippen LogP contribution is -2.17. The van der Waals surface area contributed by atoms with Crippen molar-refractivity contribution in [3.63, 3.8) is 0 Å². The number of hydrogen-bond acceptors (Lipinski definition) is 4. The van der Waals surface area contributed by atoms with Gasteiger partial charge >= 0.3 is 0 Å². The van der Waals surface area contributed by atoms with Crippen LogP contribution in [0.1, 0.15) is 17.2 Å². The SMILES string of the molecule is COC(Cn1cc(-c2ccccc2)nc1S(=O)(=O)Cc1ccccc1)c1ccccc1. The lowest BCUT2D eigenvalue weighted by molar-refractivity contribution is 0.0855. The Kier molecular flexibility index (Phi) is 6.30. The molecule has 4 aromatic rings. The maximum absolute atomic E-state index is 13.3. The van der Waals surface area contributed by atoms with Gasteiger partial charge in [-0.2, -0.15) is 0 Å². The third kappa shape index (κ3) is 4.93. The highest BCUT2D eigenvalue weighted by molar-refractivity contribution is 7.90. The number of imidazole rings is 1. The van der Waals surface area contributed by atoms with E-state index < -0.39 is 9.84 Å². The summed E-state index contributed by atoms with van der Waals surface area (Å²) in [7, 11) is -2.04. The Morgan fingerprint density at radius 1 is 0.871 bits per heavy atom. The van der Waals surface area contributed by atoms with Gasteiger partial charge in [-0.25, -0.2) is 13.4 Å². The Morgan fingerprint density at radius 2 is 1.45 bits per heavy atom. The Bertz CT molecular complexity index is 1220. The van der Waals surface area contributed by atoms with E-state index in [1.807, 2.05) is 91.0 Å². The second kappa shape index (κ2) is 9.29. The number of ether oxygens (including phenoxy) is 1. The van der Waals surface area contributed by atoms with E-state index in [0.29, 0.717) is 12.2 Å². The molecule has 0 spiro atoms. The van der Waals surface area contributed by atoms with Gasteiger partial charge in [-0.05, 0) is 11.1 Å². The molecule has 31 heavy (non-hydrogen) atoms. The van der Waals surface area contributed by atoms with Crippen LogP contribution in [0.5, 0.6) is 0 Å². The smallest absolute Gasteiger partial charge is 0.228 e. The van der Waals surface area contributed by atoms with Crippen LogP contribution < -0.4 is 0 Å². The van der Waals surface area contributed by atoms with Gasteiger partial charge in [0.2, 0.25) is 15.0 Å². The maximum atomic E-state index is 13.3. The number of nitrogens with zero attached hydrogens (tertiary/aromatic N) is 2. The van der Waals surface area contributed by atoms with Crippen LogP contribution in [0.25, 0.3) is 11.3 Å². The maximum Gasteiger partial charge on any atom is 0.228 e. The minimum absolute atomic E-state index is 0.0492. The van der Waals surface area contributed by atoms with Crippen molar-refractivity contribution >= 4 is 9.84 Å². The van der Waals surface area contributed by atoms with Gasteiger partial charge in [-0.3, -0.25) is 0 Å². The van der Waals surface area contributed by atoms with E-state index in [1.165, 1.54) is 0 Å². The molecule has 3 aromatic carbocycles. The van der Waals surface area contributed by atoms with Gasteiger partial charge in [0.15, 0.2) is 0 Å². The quantitative estimate of drug-likeness (QED) is 0.397. The number of rotatable bonds is 8. The molecule has 1 atom stereocenters. The highest BCUT2D eigenvalue weighted by Gasteiger charge is 2.25. The molecule has 0 amide bonds. The molecule has 0 bridgehead atoms. The third-order valence-corrected chi connectivity index (χ3v) is 6.70. The van der Waals surface area contributed by atoms with Crippen LogP contribution >= 0.6 is 0 Å². The molecule has 1 unspecified atom stereocenters. The van der Waals surface area contributed by atoms with Crippen LogP contribution in [0.4, 0.5) is 0 Å².